The molecule has 0 atom stereocenters. The molecule has 1 heterocycles. The van der Waals surface area contributed by atoms with Gasteiger partial charge in [-0.2, -0.15) is 0 Å². The molecule has 104 valence electrons. The Balaban J connectivity index is 1.94. The monoisotopic (exact) mass is 283 g/mol. The number of nitrogens with one attached hydrogen (secondary N) is 3. The van der Waals surface area contributed by atoms with E-state index in [4.69, 9.17) is 0 Å². The largest absolute Gasteiger partial charge is 0.384 e. The molecule has 1 aromatic carbocycles. The summed E-state index contributed by atoms with van der Waals surface area (Å²) in [5, 5.41) is 5.82. The molecule has 19 heavy (non-hydrogen) atoms. The van der Waals surface area contributed by atoms with Crippen LogP contribution < -0.4 is 15.4 Å². The Labute approximate surface area is 112 Å². The molecular weight excluding hydrogens is 266 g/mol. The summed E-state index contributed by atoms with van der Waals surface area (Å²) in [6.45, 7) is 0.984. The van der Waals surface area contributed by atoms with Gasteiger partial charge in [-0.15, -0.1) is 0 Å². The van der Waals surface area contributed by atoms with Crippen LogP contribution in [-0.4, -0.2) is 40.2 Å². The third-order valence-electron chi connectivity index (χ3n) is 3.04. The molecular formula is C12H17N3O3S. The predicted octanol–water partition coefficient (Wildman–Crippen LogP) is -0.0664. The molecule has 0 aromatic heterocycles. The highest BCUT2D eigenvalue weighted by Crippen LogP contribution is 2.22. The van der Waals surface area contributed by atoms with Crippen molar-refractivity contribution in [2.45, 2.75) is 6.42 Å². The minimum absolute atomic E-state index is 0.0946. The van der Waals surface area contributed by atoms with Gasteiger partial charge in [-0.25, -0.2) is 13.1 Å². The lowest BCUT2D eigenvalue weighted by Crippen LogP contribution is -2.32. The first-order chi connectivity index (χ1) is 9.02. The number of hydrogen-bond acceptors (Lipinski definition) is 4. The molecule has 3 N–H and O–H groups in total. The maximum Gasteiger partial charge on any atom is 0.251 e. The molecule has 0 saturated heterocycles. The Bertz CT molecular complexity index is 584. The van der Waals surface area contributed by atoms with E-state index in [2.05, 4.69) is 15.4 Å². The van der Waals surface area contributed by atoms with E-state index < -0.39 is 10.0 Å². The molecule has 0 spiro atoms. The van der Waals surface area contributed by atoms with Gasteiger partial charge in [0, 0.05) is 24.3 Å². The number of fused-ring (bicyclic) bond motifs is 1. The normalized spacial score (nSPS) is 13.7. The first-order valence-corrected chi connectivity index (χ1v) is 7.73. The van der Waals surface area contributed by atoms with Gasteiger partial charge in [0.1, 0.15) is 0 Å². The van der Waals surface area contributed by atoms with Crippen molar-refractivity contribution >= 4 is 21.6 Å². The minimum atomic E-state index is -3.28. The van der Waals surface area contributed by atoms with Crippen LogP contribution in [0.5, 0.6) is 0 Å². The summed E-state index contributed by atoms with van der Waals surface area (Å²) >= 11 is 0. The van der Waals surface area contributed by atoms with E-state index in [1.54, 1.807) is 6.07 Å². The van der Waals surface area contributed by atoms with Crippen LogP contribution in [0.25, 0.3) is 0 Å². The van der Waals surface area contributed by atoms with E-state index in [-0.39, 0.29) is 18.2 Å². The van der Waals surface area contributed by atoms with Crippen LogP contribution in [0.4, 0.5) is 5.69 Å². The van der Waals surface area contributed by atoms with E-state index in [9.17, 15) is 13.2 Å². The van der Waals surface area contributed by atoms with Gasteiger partial charge in [-0.1, -0.05) is 0 Å². The van der Waals surface area contributed by atoms with Crippen LogP contribution in [0.15, 0.2) is 18.2 Å². The highest BCUT2D eigenvalue weighted by molar-refractivity contribution is 7.89. The van der Waals surface area contributed by atoms with Gasteiger partial charge in [0.25, 0.3) is 5.91 Å². The van der Waals surface area contributed by atoms with Gasteiger partial charge in [-0.05, 0) is 37.2 Å². The van der Waals surface area contributed by atoms with Crippen molar-refractivity contribution in [1.29, 1.82) is 0 Å². The Morgan fingerprint density at radius 2 is 2.21 bits per heavy atom. The van der Waals surface area contributed by atoms with Crippen molar-refractivity contribution in [3.05, 3.63) is 29.3 Å². The van der Waals surface area contributed by atoms with Crippen LogP contribution >= 0.6 is 0 Å². The fraction of sp³-hybridized carbons (Fsp3) is 0.417. The van der Waals surface area contributed by atoms with Crippen LogP contribution in [0.2, 0.25) is 0 Å². The number of anilines is 1. The molecule has 0 unspecified atom stereocenters. The summed E-state index contributed by atoms with van der Waals surface area (Å²) in [5.74, 6) is -0.372. The Morgan fingerprint density at radius 3 is 2.95 bits per heavy atom. The van der Waals surface area contributed by atoms with E-state index in [1.165, 1.54) is 7.05 Å². The minimum Gasteiger partial charge on any atom is -0.384 e. The topological polar surface area (TPSA) is 87.3 Å². The van der Waals surface area contributed by atoms with Crippen molar-refractivity contribution < 1.29 is 13.2 Å². The molecule has 6 nitrogen and oxygen atoms in total. The average molecular weight is 283 g/mol. The fourth-order valence-electron chi connectivity index (χ4n) is 1.95. The highest BCUT2D eigenvalue weighted by Gasteiger charge is 2.14. The zero-order valence-electron chi connectivity index (χ0n) is 10.7. The molecule has 0 saturated carbocycles. The lowest BCUT2D eigenvalue weighted by Gasteiger charge is -2.07. The molecule has 0 aliphatic carbocycles. The second-order valence-corrected chi connectivity index (χ2v) is 6.37. The SMILES string of the molecule is CNS(=O)(=O)CCNC(=O)c1ccc2c(c1)CCN2. The summed E-state index contributed by atoms with van der Waals surface area (Å²) < 4.78 is 24.6. The van der Waals surface area contributed by atoms with E-state index in [0.29, 0.717) is 5.56 Å². The van der Waals surface area contributed by atoms with Gasteiger partial charge in [0.05, 0.1) is 5.75 Å². The first-order valence-electron chi connectivity index (χ1n) is 6.08. The van der Waals surface area contributed by atoms with Crippen LogP contribution in [-0.2, 0) is 16.4 Å². The Hall–Kier alpha value is -1.60. The van der Waals surface area contributed by atoms with E-state index >= 15 is 0 Å². The molecule has 1 aromatic rings. The quantitative estimate of drug-likeness (QED) is 0.706. The molecule has 1 aliphatic rings. The maximum atomic E-state index is 11.9. The average Bonchev–Trinajstić information content (AvgIpc) is 2.85. The molecule has 1 amide bonds. The maximum absolute atomic E-state index is 11.9. The zero-order valence-corrected chi connectivity index (χ0v) is 11.5. The number of rotatable bonds is 5. The molecule has 0 radical (unpaired) electrons. The van der Waals surface area contributed by atoms with Crippen molar-refractivity contribution in [2.24, 2.45) is 0 Å². The van der Waals surface area contributed by atoms with Gasteiger partial charge in [0.15, 0.2) is 0 Å². The number of carbonyl (C=O) groups excluding carboxylic acids is 1. The second-order valence-electron chi connectivity index (χ2n) is 4.33. The Morgan fingerprint density at radius 1 is 1.42 bits per heavy atom. The second kappa shape index (κ2) is 5.58. The summed E-state index contributed by atoms with van der Waals surface area (Å²) in [6.07, 6.45) is 0.907. The molecule has 0 bridgehead atoms. The van der Waals surface area contributed by atoms with Gasteiger partial charge in [-0.3, -0.25) is 4.79 Å². The summed E-state index contributed by atoms with van der Waals surface area (Å²) in [6, 6.07) is 5.46. The van der Waals surface area contributed by atoms with Crippen molar-refractivity contribution in [2.75, 3.05) is 31.2 Å². The van der Waals surface area contributed by atoms with E-state index in [1.807, 2.05) is 12.1 Å². The predicted molar refractivity (Wildman–Crippen MR) is 73.8 cm³/mol. The van der Waals surface area contributed by atoms with Gasteiger partial charge in [0.2, 0.25) is 10.0 Å². The third kappa shape index (κ3) is 3.45. The van der Waals surface area contributed by atoms with Gasteiger partial charge < -0.3 is 10.6 Å². The first kappa shape index (κ1) is 13.8. The molecule has 7 heteroatoms. The number of sulfonamides is 1. The summed E-state index contributed by atoms with van der Waals surface area (Å²) in [7, 11) is -1.93. The standard InChI is InChI=1S/C12H17N3O3S/c1-13-19(17,18)7-6-15-12(16)10-2-3-11-9(8-10)4-5-14-11/h2-3,8,13-14H,4-7H2,1H3,(H,15,16). The molecule has 1 aliphatic heterocycles. The lowest BCUT2D eigenvalue weighted by atomic mass is 10.1. The zero-order chi connectivity index (χ0) is 13.9. The van der Waals surface area contributed by atoms with Crippen LogP contribution in [0.1, 0.15) is 15.9 Å². The molecule has 2 rings (SSSR count). The number of carbonyl (C=O) groups is 1. The number of amides is 1. The highest BCUT2D eigenvalue weighted by atomic mass is 32.2. The Kier molecular flexibility index (Phi) is 4.06. The van der Waals surface area contributed by atoms with Crippen molar-refractivity contribution in [1.82, 2.24) is 10.0 Å². The summed E-state index contributed by atoms with van der Waals surface area (Å²) in [5.41, 5.74) is 2.74. The molecule has 0 fully saturated rings. The summed E-state index contributed by atoms with van der Waals surface area (Å²) in [4.78, 5) is 11.9. The smallest absolute Gasteiger partial charge is 0.251 e. The van der Waals surface area contributed by atoms with Crippen LogP contribution in [0, 0.1) is 0 Å². The van der Waals surface area contributed by atoms with Gasteiger partial charge >= 0.3 is 0 Å². The van der Waals surface area contributed by atoms with Crippen molar-refractivity contribution in [3.63, 3.8) is 0 Å². The number of benzene rings is 1. The third-order valence-corrected chi connectivity index (χ3v) is 4.41. The number of hydrogen-bond donors (Lipinski definition) is 3. The lowest BCUT2D eigenvalue weighted by molar-refractivity contribution is 0.0956. The van der Waals surface area contributed by atoms with Crippen LogP contribution in [0.3, 0.4) is 0 Å². The fourth-order valence-corrected chi connectivity index (χ4v) is 2.52. The van der Waals surface area contributed by atoms with E-state index in [0.717, 1.165) is 24.2 Å². The van der Waals surface area contributed by atoms with Crippen molar-refractivity contribution in [3.8, 4) is 0 Å².